The molecule has 4 nitrogen and oxygen atoms in total. The third-order valence-electron chi connectivity index (χ3n) is 2.78. The third kappa shape index (κ3) is 3.62. The minimum atomic E-state index is -0.272. The van der Waals surface area contributed by atoms with E-state index in [4.69, 9.17) is 9.78 Å². The van der Waals surface area contributed by atoms with Crippen LogP contribution in [0, 0.1) is 23.1 Å². The SMILES string of the molecule is CC(CC#N)Cc1nc(Cc2ccccc2F)no1. The molecule has 0 amide bonds. The van der Waals surface area contributed by atoms with Crippen LogP contribution in [0.5, 0.6) is 0 Å². The van der Waals surface area contributed by atoms with Crippen LogP contribution in [0.15, 0.2) is 28.8 Å². The normalized spacial score (nSPS) is 12.1. The summed E-state index contributed by atoms with van der Waals surface area (Å²) in [4.78, 5) is 4.22. The minimum absolute atomic E-state index is 0.173. The zero-order valence-electron chi connectivity index (χ0n) is 10.6. The first-order valence-electron chi connectivity index (χ1n) is 6.11. The quantitative estimate of drug-likeness (QED) is 0.828. The smallest absolute Gasteiger partial charge is 0.226 e. The summed E-state index contributed by atoms with van der Waals surface area (Å²) in [6, 6.07) is 8.62. The lowest BCUT2D eigenvalue weighted by atomic mass is 10.1. The van der Waals surface area contributed by atoms with Gasteiger partial charge in [0.2, 0.25) is 5.89 Å². The van der Waals surface area contributed by atoms with Crippen molar-refractivity contribution >= 4 is 0 Å². The average molecular weight is 259 g/mol. The summed E-state index contributed by atoms with van der Waals surface area (Å²) in [7, 11) is 0. The molecule has 0 aliphatic carbocycles. The summed E-state index contributed by atoms with van der Waals surface area (Å²) >= 11 is 0. The largest absolute Gasteiger partial charge is 0.339 e. The molecule has 2 aromatic rings. The topological polar surface area (TPSA) is 62.7 Å². The predicted molar refractivity (Wildman–Crippen MR) is 66.6 cm³/mol. The van der Waals surface area contributed by atoms with Gasteiger partial charge in [0, 0.05) is 19.3 Å². The van der Waals surface area contributed by atoms with Crippen LogP contribution in [0.25, 0.3) is 0 Å². The van der Waals surface area contributed by atoms with Gasteiger partial charge in [-0.05, 0) is 17.5 Å². The van der Waals surface area contributed by atoms with Crippen molar-refractivity contribution in [3.8, 4) is 6.07 Å². The van der Waals surface area contributed by atoms with Crippen LogP contribution in [0.2, 0.25) is 0 Å². The molecule has 0 bridgehead atoms. The summed E-state index contributed by atoms with van der Waals surface area (Å²) in [6.07, 6.45) is 1.33. The molecule has 0 aliphatic rings. The number of nitrogens with zero attached hydrogens (tertiary/aromatic N) is 3. The maximum Gasteiger partial charge on any atom is 0.226 e. The highest BCUT2D eigenvalue weighted by molar-refractivity contribution is 5.20. The number of halogens is 1. The number of hydrogen-bond acceptors (Lipinski definition) is 4. The van der Waals surface area contributed by atoms with Gasteiger partial charge in [0.15, 0.2) is 5.82 Å². The van der Waals surface area contributed by atoms with Gasteiger partial charge in [-0.1, -0.05) is 30.3 Å². The third-order valence-corrected chi connectivity index (χ3v) is 2.78. The Hall–Kier alpha value is -2.22. The van der Waals surface area contributed by atoms with Crippen LogP contribution >= 0.6 is 0 Å². The van der Waals surface area contributed by atoms with Crippen LogP contribution in [0.4, 0.5) is 4.39 Å². The first kappa shape index (κ1) is 13.2. The van der Waals surface area contributed by atoms with E-state index >= 15 is 0 Å². The second-order valence-corrected chi connectivity index (χ2v) is 4.54. The van der Waals surface area contributed by atoms with Crippen molar-refractivity contribution in [1.82, 2.24) is 10.1 Å². The first-order valence-corrected chi connectivity index (χ1v) is 6.11. The van der Waals surface area contributed by atoms with E-state index in [0.717, 1.165) is 0 Å². The Bertz CT molecular complexity index is 588. The van der Waals surface area contributed by atoms with Gasteiger partial charge >= 0.3 is 0 Å². The monoisotopic (exact) mass is 259 g/mol. The molecule has 1 unspecified atom stereocenters. The van der Waals surface area contributed by atoms with Crippen LogP contribution < -0.4 is 0 Å². The van der Waals surface area contributed by atoms with Gasteiger partial charge in [0.25, 0.3) is 0 Å². The summed E-state index contributed by atoms with van der Waals surface area (Å²) in [5.41, 5.74) is 0.542. The lowest BCUT2D eigenvalue weighted by molar-refractivity contribution is 0.355. The Kier molecular flexibility index (Phi) is 4.24. The lowest BCUT2D eigenvalue weighted by Gasteiger charge is -2.00. The predicted octanol–water partition coefficient (Wildman–Crippen LogP) is 2.89. The summed E-state index contributed by atoms with van der Waals surface area (Å²) in [5, 5.41) is 12.4. The molecular weight excluding hydrogens is 245 g/mol. The lowest BCUT2D eigenvalue weighted by Crippen LogP contribution is -1.99. The summed E-state index contributed by atoms with van der Waals surface area (Å²) in [6.45, 7) is 1.95. The van der Waals surface area contributed by atoms with Crippen molar-refractivity contribution in [3.63, 3.8) is 0 Å². The number of rotatable bonds is 5. The average Bonchev–Trinajstić information content (AvgIpc) is 2.80. The molecule has 1 aromatic carbocycles. The molecule has 0 spiro atoms. The van der Waals surface area contributed by atoms with Crippen molar-refractivity contribution in [2.24, 2.45) is 5.92 Å². The highest BCUT2D eigenvalue weighted by Gasteiger charge is 2.12. The molecule has 2 rings (SSSR count). The zero-order valence-corrected chi connectivity index (χ0v) is 10.6. The standard InChI is InChI=1S/C14H14FN3O/c1-10(6-7-16)8-14-17-13(18-19-14)9-11-4-2-3-5-12(11)15/h2-5,10H,6,8-9H2,1H3. The van der Waals surface area contributed by atoms with E-state index in [1.54, 1.807) is 18.2 Å². The molecule has 19 heavy (non-hydrogen) atoms. The zero-order chi connectivity index (χ0) is 13.7. The van der Waals surface area contributed by atoms with Gasteiger partial charge in [-0.3, -0.25) is 0 Å². The number of nitriles is 1. The van der Waals surface area contributed by atoms with Crippen LogP contribution in [-0.4, -0.2) is 10.1 Å². The fraction of sp³-hybridized carbons (Fsp3) is 0.357. The Balaban J connectivity index is 2.02. The minimum Gasteiger partial charge on any atom is -0.339 e. The Morgan fingerprint density at radius 2 is 2.21 bits per heavy atom. The molecule has 0 saturated heterocycles. The van der Waals surface area contributed by atoms with E-state index in [1.807, 2.05) is 6.92 Å². The number of aromatic nitrogens is 2. The molecular formula is C14H14FN3O. The number of hydrogen-bond donors (Lipinski definition) is 0. The Labute approximate surface area is 110 Å². The van der Waals surface area contributed by atoms with Crippen LogP contribution in [0.1, 0.15) is 30.6 Å². The van der Waals surface area contributed by atoms with Crippen LogP contribution in [-0.2, 0) is 12.8 Å². The van der Waals surface area contributed by atoms with E-state index in [9.17, 15) is 4.39 Å². The van der Waals surface area contributed by atoms with Gasteiger partial charge in [-0.25, -0.2) is 4.39 Å². The van der Waals surface area contributed by atoms with Gasteiger partial charge in [0.1, 0.15) is 5.82 Å². The maximum atomic E-state index is 13.5. The summed E-state index contributed by atoms with van der Waals surface area (Å²) < 4.78 is 18.6. The molecule has 0 aliphatic heterocycles. The van der Waals surface area contributed by atoms with E-state index in [0.29, 0.717) is 36.5 Å². The molecule has 0 saturated carbocycles. The Morgan fingerprint density at radius 3 is 2.95 bits per heavy atom. The van der Waals surface area contributed by atoms with Crippen molar-refractivity contribution in [1.29, 1.82) is 5.26 Å². The second kappa shape index (κ2) is 6.10. The van der Waals surface area contributed by atoms with Crippen molar-refractivity contribution in [2.45, 2.75) is 26.2 Å². The first-order chi connectivity index (χ1) is 9.19. The van der Waals surface area contributed by atoms with E-state index in [1.165, 1.54) is 6.07 Å². The molecule has 1 atom stereocenters. The van der Waals surface area contributed by atoms with Gasteiger partial charge in [-0.2, -0.15) is 10.2 Å². The maximum absolute atomic E-state index is 13.5. The van der Waals surface area contributed by atoms with E-state index in [2.05, 4.69) is 16.2 Å². The molecule has 0 fully saturated rings. The fourth-order valence-electron chi connectivity index (χ4n) is 1.78. The van der Waals surface area contributed by atoms with Crippen molar-refractivity contribution in [3.05, 3.63) is 47.4 Å². The highest BCUT2D eigenvalue weighted by Crippen LogP contribution is 2.13. The van der Waals surface area contributed by atoms with Gasteiger partial charge in [-0.15, -0.1) is 0 Å². The second-order valence-electron chi connectivity index (χ2n) is 4.54. The molecule has 1 heterocycles. The fourth-order valence-corrected chi connectivity index (χ4v) is 1.78. The number of benzene rings is 1. The van der Waals surface area contributed by atoms with E-state index in [-0.39, 0.29) is 11.7 Å². The highest BCUT2D eigenvalue weighted by atomic mass is 19.1. The molecule has 1 aromatic heterocycles. The molecule has 0 radical (unpaired) electrons. The van der Waals surface area contributed by atoms with Crippen molar-refractivity contribution < 1.29 is 8.91 Å². The molecule has 0 N–H and O–H groups in total. The van der Waals surface area contributed by atoms with Crippen LogP contribution in [0.3, 0.4) is 0 Å². The summed E-state index contributed by atoms with van der Waals surface area (Å²) in [5.74, 6) is 0.858. The Morgan fingerprint density at radius 1 is 1.42 bits per heavy atom. The van der Waals surface area contributed by atoms with Crippen molar-refractivity contribution in [2.75, 3.05) is 0 Å². The van der Waals surface area contributed by atoms with E-state index < -0.39 is 0 Å². The van der Waals surface area contributed by atoms with Gasteiger partial charge < -0.3 is 4.52 Å². The molecule has 5 heteroatoms. The molecule has 98 valence electrons. The van der Waals surface area contributed by atoms with Gasteiger partial charge in [0.05, 0.1) is 6.07 Å².